The lowest BCUT2D eigenvalue weighted by Crippen LogP contribution is -2.55. The van der Waals surface area contributed by atoms with E-state index in [-0.39, 0.29) is 49.4 Å². The van der Waals surface area contributed by atoms with E-state index in [0.717, 1.165) is 101 Å². The lowest BCUT2D eigenvalue weighted by Gasteiger charge is -2.37. The van der Waals surface area contributed by atoms with Crippen molar-refractivity contribution in [3.8, 4) is 0 Å². The van der Waals surface area contributed by atoms with Gasteiger partial charge in [-0.3, -0.25) is 29.2 Å². The largest absolute Gasteiger partial charge is 0.480 e. The predicted molar refractivity (Wildman–Crippen MR) is 238 cm³/mol. The smallest absolute Gasteiger partial charge is 0.411 e. The highest BCUT2D eigenvalue weighted by atomic mass is 16.6. The second kappa shape index (κ2) is 21.8. The minimum absolute atomic E-state index is 0.0370. The van der Waals surface area contributed by atoms with Crippen molar-refractivity contribution in [2.24, 2.45) is 0 Å². The maximum absolute atomic E-state index is 13.1. The molecule has 2 N–H and O–H groups in total. The SMILES string of the molecule is CC1CC[C@@H](C(=O)N2CCN(C3CC3)CC2)N1.CC1CC[C@@H](C(=O)N2CCN(C3CC3)CC2)N1C(=O)OCc1ccccc1.CC1CC[C@@H](C(=O)O)N1C(=O)OCc1ccccc1. The zero-order chi connectivity index (χ0) is 44.5. The van der Waals surface area contributed by atoms with Crippen LogP contribution in [0.2, 0.25) is 0 Å². The number of nitrogens with one attached hydrogen (secondary N) is 1. The Kier molecular flexibility index (Phi) is 16.0. The standard InChI is InChI=1S/C21H29N3O3.C14H17NO4.C13H23N3O/c1-16-7-10-19(20(25)23-13-11-22(12-14-23)18-8-9-18)24(16)21(26)27-15-17-5-3-2-4-6-17;1-10-7-8-12(13(16)17)15(10)14(18)19-9-11-5-3-2-4-6-11;1-10-2-5-12(14-10)13(17)16-8-6-15(7-9-16)11-3-4-11/h2-6,16,18-19H,7-15H2,1H3;2-6,10,12H,7-9H2,1H3,(H,16,17);10-12,14H,2-9H2,1H3/t16?,19-;2*10?,12-/m000/s1. The van der Waals surface area contributed by atoms with Crippen LogP contribution in [0.4, 0.5) is 9.59 Å². The number of aliphatic carboxylic acids is 1. The van der Waals surface area contributed by atoms with E-state index in [1.165, 1.54) is 30.6 Å². The zero-order valence-electron chi connectivity index (χ0n) is 37.5. The molecule has 5 heterocycles. The molecule has 2 saturated carbocycles. The first-order valence-electron chi connectivity index (χ1n) is 23.5. The molecular weight excluding hydrogens is 803 g/mol. The second-order valence-electron chi connectivity index (χ2n) is 18.5. The molecule has 15 nitrogen and oxygen atoms in total. The van der Waals surface area contributed by atoms with Crippen LogP contribution in [0.25, 0.3) is 0 Å². The van der Waals surface area contributed by atoms with E-state index >= 15 is 0 Å². The fourth-order valence-electron chi connectivity index (χ4n) is 9.70. The van der Waals surface area contributed by atoms with E-state index in [4.69, 9.17) is 14.6 Å². The summed E-state index contributed by atoms with van der Waals surface area (Å²) in [6, 6.07) is 20.0. The van der Waals surface area contributed by atoms with E-state index < -0.39 is 18.1 Å². The quantitative estimate of drug-likeness (QED) is 0.343. The van der Waals surface area contributed by atoms with Gasteiger partial charge in [0.1, 0.15) is 25.3 Å². The fraction of sp³-hybridized carbons (Fsp3) is 0.646. The Morgan fingerprint density at radius 1 is 0.540 bits per heavy atom. The molecule has 2 aromatic rings. The van der Waals surface area contributed by atoms with E-state index in [1.54, 1.807) is 4.90 Å². The summed E-state index contributed by atoms with van der Waals surface area (Å²) in [5.74, 6) is -0.544. The molecule has 0 radical (unpaired) electrons. The first kappa shape index (κ1) is 46.3. The molecule has 0 spiro atoms. The third kappa shape index (κ3) is 12.5. The molecule has 7 fully saturated rings. The molecule has 5 saturated heterocycles. The summed E-state index contributed by atoms with van der Waals surface area (Å²) in [4.78, 5) is 73.2. The van der Waals surface area contributed by atoms with Crippen LogP contribution in [0.15, 0.2) is 60.7 Å². The van der Waals surface area contributed by atoms with Crippen molar-refractivity contribution in [2.45, 2.75) is 147 Å². The first-order valence-corrected chi connectivity index (χ1v) is 23.5. The maximum Gasteiger partial charge on any atom is 0.411 e. The predicted octanol–water partition coefficient (Wildman–Crippen LogP) is 5.18. The Hall–Kier alpha value is -4.73. The van der Waals surface area contributed by atoms with Gasteiger partial charge in [-0.15, -0.1) is 0 Å². The number of rotatable bonds is 9. The third-order valence-corrected chi connectivity index (χ3v) is 13.8. The average Bonchev–Trinajstić information content (AvgIpc) is 4.23. The van der Waals surface area contributed by atoms with Gasteiger partial charge in [0.05, 0.1) is 6.04 Å². The summed E-state index contributed by atoms with van der Waals surface area (Å²) in [7, 11) is 0. The highest BCUT2D eigenvalue weighted by Gasteiger charge is 2.43. The number of ether oxygens (including phenoxy) is 2. The summed E-state index contributed by atoms with van der Waals surface area (Å²) in [5.41, 5.74) is 1.84. The Morgan fingerprint density at radius 3 is 1.38 bits per heavy atom. The minimum atomic E-state index is -0.971. The number of hydrogen-bond donors (Lipinski definition) is 2. The van der Waals surface area contributed by atoms with Crippen molar-refractivity contribution in [2.75, 3.05) is 52.4 Å². The van der Waals surface area contributed by atoms with Crippen molar-refractivity contribution in [3.05, 3.63) is 71.8 Å². The summed E-state index contributed by atoms with van der Waals surface area (Å²) >= 11 is 0. The van der Waals surface area contributed by atoms with E-state index in [9.17, 15) is 24.0 Å². The van der Waals surface area contributed by atoms with Gasteiger partial charge in [0.2, 0.25) is 11.8 Å². The van der Waals surface area contributed by atoms with Gasteiger partial charge in [-0.05, 0) is 96.1 Å². The first-order chi connectivity index (χ1) is 30.5. The van der Waals surface area contributed by atoms with Crippen LogP contribution >= 0.6 is 0 Å². The number of likely N-dealkylation sites (tertiary alicyclic amines) is 2. The van der Waals surface area contributed by atoms with Crippen molar-refractivity contribution in [1.82, 2.24) is 34.7 Å². The minimum Gasteiger partial charge on any atom is -0.480 e. The van der Waals surface area contributed by atoms with Gasteiger partial charge in [0, 0.05) is 82.6 Å². The van der Waals surface area contributed by atoms with Gasteiger partial charge in [-0.1, -0.05) is 60.7 Å². The normalized spacial score (nSPS) is 27.5. The van der Waals surface area contributed by atoms with Crippen LogP contribution in [0.5, 0.6) is 0 Å². The Bertz CT molecular complexity index is 1830. The van der Waals surface area contributed by atoms with Gasteiger partial charge in [-0.2, -0.15) is 0 Å². The van der Waals surface area contributed by atoms with Crippen molar-refractivity contribution < 1.29 is 38.6 Å². The van der Waals surface area contributed by atoms with Gasteiger partial charge in [-0.25, -0.2) is 14.4 Å². The van der Waals surface area contributed by atoms with Gasteiger partial charge in [0.25, 0.3) is 0 Å². The van der Waals surface area contributed by atoms with Crippen molar-refractivity contribution in [1.29, 1.82) is 0 Å². The maximum atomic E-state index is 13.1. The molecule has 9 rings (SSSR count). The topological polar surface area (TPSA) is 156 Å². The number of amides is 4. The monoisotopic (exact) mass is 872 g/mol. The lowest BCUT2D eigenvalue weighted by atomic mass is 10.1. The molecule has 3 unspecified atom stereocenters. The number of carbonyl (C=O) groups is 5. The number of piperazine rings is 2. The summed E-state index contributed by atoms with van der Waals surface area (Å²) in [6.07, 6.45) is 9.31. The molecular formula is C48H69N7O8. The Morgan fingerprint density at radius 2 is 0.968 bits per heavy atom. The molecule has 63 heavy (non-hydrogen) atoms. The lowest BCUT2D eigenvalue weighted by molar-refractivity contribution is -0.142. The van der Waals surface area contributed by atoms with Crippen LogP contribution < -0.4 is 5.32 Å². The van der Waals surface area contributed by atoms with Crippen LogP contribution in [0.3, 0.4) is 0 Å². The van der Waals surface area contributed by atoms with Crippen molar-refractivity contribution >= 4 is 30.0 Å². The van der Waals surface area contributed by atoms with E-state index in [1.807, 2.05) is 79.4 Å². The molecule has 7 aliphatic rings. The molecule has 6 atom stereocenters. The van der Waals surface area contributed by atoms with Gasteiger partial charge in [0.15, 0.2) is 0 Å². The van der Waals surface area contributed by atoms with Crippen molar-refractivity contribution in [3.63, 3.8) is 0 Å². The molecule has 2 aliphatic carbocycles. The number of nitrogens with zero attached hydrogens (tertiary/aromatic N) is 6. The third-order valence-electron chi connectivity index (χ3n) is 13.8. The van der Waals surface area contributed by atoms with Crippen LogP contribution in [-0.2, 0) is 37.1 Å². The molecule has 5 aliphatic heterocycles. The van der Waals surface area contributed by atoms with Crippen LogP contribution in [-0.4, -0.2) is 165 Å². The number of benzene rings is 2. The average molecular weight is 872 g/mol. The zero-order valence-corrected chi connectivity index (χ0v) is 37.5. The van der Waals surface area contributed by atoms with Crippen LogP contribution in [0.1, 0.15) is 96.1 Å². The summed E-state index contributed by atoms with van der Waals surface area (Å²) in [5, 5.41) is 12.5. The molecule has 4 amide bonds. The molecule has 0 aromatic heterocycles. The molecule has 2 aromatic carbocycles. The molecule has 0 bridgehead atoms. The molecule has 15 heteroatoms. The van der Waals surface area contributed by atoms with E-state index in [2.05, 4.69) is 26.9 Å². The molecule has 344 valence electrons. The number of carboxylic acids is 1. The number of carbonyl (C=O) groups excluding carboxylic acids is 4. The summed E-state index contributed by atoms with van der Waals surface area (Å²) in [6.45, 7) is 13.9. The second-order valence-corrected chi connectivity index (χ2v) is 18.5. The Labute approximate surface area is 373 Å². The summed E-state index contributed by atoms with van der Waals surface area (Å²) < 4.78 is 10.7. The fourth-order valence-corrected chi connectivity index (χ4v) is 9.70. The highest BCUT2D eigenvalue weighted by molar-refractivity contribution is 5.86. The Balaban J connectivity index is 0.000000147. The highest BCUT2D eigenvalue weighted by Crippen LogP contribution is 2.31. The number of hydrogen-bond acceptors (Lipinski definition) is 10. The number of carboxylic acid groups (broad SMARTS) is 1. The van der Waals surface area contributed by atoms with Gasteiger partial charge < -0.3 is 29.7 Å². The van der Waals surface area contributed by atoms with E-state index in [0.29, 0.717) is 24.8 Å². The van der Waals surface area contributed by atoms with Gasteiger partial charge >= 0.3 is 18.2 Å². The van der Waals surface area contributed by atoms with Crippen LogP contribution in [0, 0.1) is 0 Å².